The molecule has 0 radical (unpaired) electrons. The van der Waals surface area contributed by atoms with Crippen molar-refractivity contribution in [2.24, 2.45) is 0 Å². The molecule has 0 aliphatic carbocycles. The Balaban J connectivity index is 2.85. The van der Waals surface area contributed by atoms with Crippen LogP contribution in [0, 0.1) is 0 Å². The molecule has 0 saturated carbocycles. The van der Waals surface area contributed by atoms with Gasteiger partial charge >= 0.3 is 11.9 Å². The standard InChI is InChI=1S/C16H21NO5/c1-5-21-13(18)10-17-14(19)11-8-6-7-9-12(11)15(20)22-16(2,3)4/h6-9H,5,10H2,1-4H3,(H,17,19). The number of amides is 1. The van der Waals surface area contributed by atoms with Crippen LogP contribution in [0.4, 0.5) is 0 Å². The first-order chi connectivity index (χ1) is 10.2. The number of hydrogen-bond donors (Lipinski definition) is 1. The van der Waals surface area contributed by atoms with Crippen LogP contribution in [-0.2, 0) is 14.3 Å². The molecule has 0 fully saturated rings. The number of benzene rings is 1. The minimum atomic E-state index is -0.661. The molecule has 1 aromatic rings. The highest BCUT2D eigenvalue weighted by atomic mass is 16.6. The zero-order valence-electron chi connectivity index (χ0n) is 13.3. The minimum absolute atomic E-state index is 0.152. The zero-order chi connectivity index (χ0) is 16.8. The van der Waals surface area contributed by atoms with E-state index in [-0.39, 0.29) is 24.3 Å². The summed E-state index contributed by atoms with van der Waals surface area (Å²) >= 11 is 0. The van der Waals surface area contributed by atoms with Crippen LogP contribution in [0.5, 0.6) is 0 Å². The molecule has 120 valence electrons. The predicted molar refractivity (Wildman–Crippen MR) is 80.6 cm³/mol. The molecule has 0 aromatic heterocycles. The van der Waals surface area contributed by atoms with Crippen LogP contribution in [0.15, 0.2) is 24.3 Å². The summed E-state index contributed by atoms with van der Waals surface area (Å²) in [7, 11) is 0. The summed E-state index contributed by atoms with van der Waals surface area (Å²) in [5, 5.41) is 2.42. The Labute approximate surface area is 129 Å². The normalized spacial score (nSPS) is 10.7. The van der Waals surface area contributed by atoms with Crippen molar-refractivity contribution in [3.8, 4) is 0 Å². The molecule has 1 N–H and O–H groups in total. The second kappa shape index (κ2) is 7.59. The Morgan fingerprint density at radius 2 is 1.68 bits per heavy atom. The van der Waals surface area contributed by atoms with Gasteiger partial charge in [0.2, 0.25) is 0 Å². The van der Waals surface area contributed by atoms with Gasteiger partial charge in [-0.15, -0.1) is 0 Å². The number of esters is 2. The lowest BCUT2D eigenvalue weighted by molar-refractivity contribution is -0.141. The van der Waals surface area contributed by atoms with E-state index in [1.807, 2.05) is 0 Å². The van der Waals surface area contributed by atoms with E-state index >= 15 is 0 Å². The molecule has 0 aliphatic rings. The lowest BCUT2D eigenvalue weighted by atomic mass is 10.1. The summed E-state index contributed by atoms with van der Waals surface area (Å²) in [4.78, 5) is 35.5. The molecular weight excluding hydrogens is 286 g/mol. The Morgan fingerprint density at radius 3 is 2.23 bits per heavy atom. The first-order valence-corrected chi connectivity index (χ1v) is 7.00. The average molecular weight is 307 g/mol. The summed E-state index contributed by atoms with van der Waals surface area (Å²) in [5.41, 5.74) is -0.356. The number of ether oxygens (including phenoxy) is 2. The van der Waals surface area contributed by atoms with Crippen molar-refractivity contribution in [3.63, 3.8) is 0 Å². The van der Waals surface area contributed by atoms with Crippen molar-refractivity contribution < 1.29 is 23.9 Å². The quantitative estimate of drug-likeness (QED) is 0.841. The fourth-order valence-corrected chi connectivity index (χ4v) is 1.65. The SMILES string of the molecule is CCOC(=O)CNC(=O)c1ccccc1C(=O)OC(C)(C)C. The molecule has 0 saturated heterocycles. The van der Waals surface area contributed by atoms with Gasteiger partial charge in [0.15, 0.2) is 0 Å². The van der Waals surface area contributed by atoms with Crippen molar-refractivity contribution in [2.45, 2.75) is 33.3 Å². The van der Waals surface area contributed by atoms with Crippen LogP contribution < -0.4 is 5.32 Å². The topological polar surface area (TPSA) is 81.7 Å². The lowest BCUT2D eigenvalue weighted by Crippen LogP contribution is -2.32. The number of carbonyl (C=O) groups is 3. The highest BCUT2D eigenvalue weighted by Crippen LogP contribution is 2.15. The number of hydrogen-bond acceptors (Lipinski definition) is 5. The van der Waals surface area contributed by atoms with Crippen LogP contribution in [0.25, 0.3) is 0 Å². The molecular formula is C16H21NO5. The van der Waals surface area contributed by atoms with Gasteiger partial charge in [-0.2, -0.15) is 0 Å². The first-order valence-electron chi connectivity index (χ1n) is 7.00. The molecule has 0 atom stereocenters. The third kappa shape index (κ3) is 5.55. The van der Waals surface area contributed by atoms with Gasteiger partial charge in [-0.05, 0) is 39.8 Å². The molecule has 0 heterocycles. The fourth-order valence-electron chi connectivity index (χ4n) is 1.65. The van der Waals surface area contributed by atoms with E-state index in [4.69, 9.17) is 9.47 Å². The number of nitrogens with one attached hydrogen (secondary N) is 1. The number of carbonyl (C=O) groups excluding carboxylic acids is 3. The van der Waals surface area contributed by atoms with E-state index in [2.05, 4.69) is 5.32 Å². The van der Waals surface area contributed by atoms with Crippen molar-refractivity contribution in [1.82, 2.24) is 5.32 Å². The van der Waals surface area contributed by atoms with Gasteiger partial charge in [0, 0.05) is 0 Å². The molecule has 0 aliphatic heterocycles. The Kier molecular flexibility index (Phi) is 6.10. The van der Waals surface area contributed by atoms with E-state index in [0.717, 1.165) is 0 Å². The van der Waals surface area contributed by atoms with E-state index in [1.165, 1.54) is 12.1 Å². The molecule has 0 unspecified atom stereocenters. The zero-order valence-corrected chi connectivity index (χ0v) is 13.3. The monoisotopic (exact) mass is 307 g/mol. The van der Waals surface area contributed by atoms with Crippen LogP contribution in [0.1, 0.15) is 48.4 Å². The van der Waals surface area contributed by atoms with Crippen molar-refractivity contribution in [2.75, 3.05) is 13.2 Å². The van der Waals surface area contributed by atoms with Crippen LogP contribution in [-0.4, -0.2) is 36.6 Å². The van der Waals surface area contributed by atoms with Crippen molar-refractivity contribution in [3.05, 3.63) is 35.4 Å². The molecule has 1 amide bonds. The highest BCUT2D eigenvalue weighted by molar-refractivity contribution is 6.06. The Morgan fingerprint density at radius 1 is 1.09 bits per heavy atom. The maximum atomic E-state index is 12.1. The number of rotatable bonds is 5. The summed E-state index contributed by atoms with van der Waals surface area (Å²) in [6.07, 6.45) is 0. The fraction of sp³-hybridized carbons (Fsp3) is 0.438. The van der Waals surface area contributed by atoms with Gasteiger partial charge in [-0.1, -0.05) is 12.1 Å². The summed E-state index contributed by atoms with van der Waals surface area (Å²) in [5.74, 6) is -1.66. The van der Waals surface area contributed by atoms with Gasteiger partial charge in [0.1, 0.15) is 12.1 Å². The third-order valence-electron chi connectivity index (χ3n) is 2.49. The molecule has 6 heteroatoms. The molecule has 0 bridgehead atoms. The molecule has 1 aromatic carbocycles. The summed E-state index contributed by atoms with van der Waals surface area (Å²) in [6.45, 7) is 6.90. The van der Waals surface area contributed by atoms with Crippen molar-refractivity contribution in [1.29, 1.82) is 0 Å². The highest BCUT2D eigenvalue weighted by Gasteiger charge is 2.22. The average Bonchev–Trinajstić information content (AvgIpc) is 2.43. The first kappa shape index (κ1) is 17.7. The van der Waals surface area contributed by atoms with Gasteiger partial charge in [-0.3, -0.25) is 9.59 Å². The smallest absolute Gasteiger partial charge is 0.339 e. The predicted octanol–water partition coefficient (Wildman–Crippen LogP) is 1.93. The largest absolute Gasteiger partial charge is 0.465 e. The van der Waals surface area contributed by atoms with Gasteiger partial charge in [-0.25, -0.2) is 4.79 Å². The van der Waals surface area contributed by atoms with Crippen LogP contribution >= 0.6 is 0 Å². The second-order valence-electron chi connectivity index (χ2n) is 5.54. The van der Waals surface area contributed by atoms with Crippen molar-refractivity contribution >= 4 is 17.8 Å². The Bertz CT molecular complexity index is 560. The van der Waals surface area contributed by atoms with E-state index < -0.39 is 23.4 Å². The molecule has 22 heavy (non-hydrogen) atoms. The van der Waals surface area contributed by atoms with Crippen LogP contribution in [0.2, 0.25) is 0 Å². The maximum absolute atomic E-state index is 12.1. The molecule has 6 nitrogen and oxygen atoms in total. The van der Waals surface area contributed by atoms with Gasteiger partial charge < -0.3 is 14.8 Å². The summed E-state index contributed by atoms with van der Waals surface area (Å²) in [6, 6.07) is 6.28. The van der Waals surface area contributed by atoms with E-state index in [0.29, 0.717) is 0 Å². The van der Waals surface area contributed by atoms with E-state index in [9.17, 15) is 14.4 Å². The molecule has 1 rings (SSSR count). The third-order valence-corrected chi connectivity index (χ3v) is 2.49. The minimum Gasteiger partial charge on any atom is -0.465 e. The van der Waals surface area contributed by atoms with E-state index in [1.54, 1.807) is 39.8 Å². The lowest BCUT2D eigenvalue weighted by Gasteiger charge is -2.20. The van der Waals surface area contributed by atoms with Gasteiger partial charge in [0.25, 0.3) is 5.91 Å². The Hall–Kier alpha value is -2.37. The maximum Gasteiger partial charge on any atom is 0.339 e. The van der Waals surface area contributed by atoms with Gasteiger partial charge in [0.05, 0.1) is 17.7 Å². The summed E-state index contributed by atoms with van der Waals surface area (Å²) < 4.78 is 9.99. The second-order valence-corrected chi connectivity index (χ2v) is 5.54. The van der Waals surface area contributed by atoms with Crippen LogP contribution in [0.3, 0.4) is 0 Å². The molecule has 0 spiro atoms.